The maximum atomic E-state index is 12.1. The number of nitrogens with zero attached hydrogens (tertiary/aromatic N) is 1. The fraction of sp³-hybridized carbons (Fsp3) is 0.583. The van der Waals surface area contributed by atoms with Crippen molar-refractivity contribution < 1.29 is 9.21 Å². The first kappa shape index (κ1) is 11.2. The van der Waals surface area contributed by atoms with Crippen LogP contribution in [-0.2, 0) is 6.54 Å². The highest BCUT2D eigenvalue weighted by Gasteiger charge is 2.29. The molecule has 1 amide bonds. The molecule has 1 saturated heterocycles. The summed E-state index contributed by atoms with van der Waals surface area (Å²) in [6.45, 7) is 3.30. The summed E-state index contributed by atoms with van der Waals surface area (Å²) in [5.74, 6) is 1.08. The molecule has 0 aromatic carbocycles. The maximum Gasteiger partial charge on any atom is 0.289 e. The molecule has 0 saturated carbocycles. The molecule has 4 nitrogen and oxygen atoms in total. The number of likely N-dealkylation sites (tertiary alicyclic amines) is 1. The van der Waals surface area contributed by atoms with Crippen LogP contribution in [0.1, 0.15) is 42.5 Å². The highest BCUT2D eigenvalue weighted by atomic mass is 16.4. The lowest BCUT2D eigenvalue weighted by atomic mass is 10.1. The van der Waals surface area contributed by atoms with Crippen LogP contribution in [0.5, 0.6) is 0 Å². The Labute approximate surface area is 95.4 Å². The molecule has 4 heteroatoms. The van der Waals surface area contributed by atoms with Gasteiger partial charge in [-0.2, -0.15) is 0 Å². The standard InChI is InChI=1S/C12H18N2O2/c1-2-9-4-3-7-14(9)12(15)11-6-5-10(8-13)16-11/h5-6,9H,2-4,7-8,13H2,1H3. The van der Waals surface area contributed by atoms with Crippen molar-refractivity contribution in [2.24, 2.45) is 5.73 Å². The van der Waals surface area contributed by atoms with E-state index in [0.29, 0.717) is 24.1 Å². The molecule has 1 aromatic heterocycles. The van der Waals surface area contributed by atoms with E-state index in [1.165, 1.54) is 0 Å². The van der Waals surface area contributed by atoms with E-state index in [4.69, 9.17) is 10.2 Å². The summed E-state index contributed by atoms with van der Waals surface area (Å²) >= 11 is 0. The van der Waals surface area contributed by atoms with Crippen LogP contribution in [0.15, 0.2) is 16.5 Å². The second kappa shape index (κ2) is 4.70. The minimum absolute atomic E-state index is 0.00375. The van der Waals surface area contributed by atoms with Gasteiger partial charge in [0.2, 0.25) is 0 Å². The van der Waals surface area contributed by atoms with Gasteiger partial charge in [-0.25, -0.2) is 0 Å². The Balaban J connectivity index is 2.12. The molecule has 0 radical (unpaired) electrons. The van der Waals surface area contributed by atoms with Crippen molar-refractivity contribution in [3.8, 4) is 0 Å². The Hall–Kier alpha value is -1.29. The Morgan fingerprint density at radius 1 is 1.62 bits per heavy atom. The van der Waals surface area contributed by atoms with Crippen molar-refractivity contribution in [1.82, 2.24) is 4.90 Å². The Morgan fingerprint density at radius 2 is 2.44 bits per heavy atom. The molecule has 1 aliphatic rings. The number of furan rings is 1. The zero-order valence-electron chi connectivity index (χ0n) is 9.61. The van der Waals surface area contributed by atoms with E-state index in [9.17, 15) is 4.79 Å². The second-order valence-corrected chi connectivity index (χ2v) is 4.17. The van der Waals surface area contributed by atoms with Crippen LogP contribution in [0.4, 0.5) is 0 Å². The predicted molar refractivity (Wildman–Crippen MR) is 60.9 cm³/mol. The number of nitrogens with two attached hydrogens (primary N) is 1. The number of carbonyl (C=O) groups is 1. The third kappa shape index (κ3) is 1.97. The van der Waals surface area contributed by atoms with Crippen LogP contribution in [0, 0.1) is 0 Å². The van der Waals surface area contributed by atoms with E-state index in [1.54, 1.807) is 12.1 Å². The lowest BCUT2D eigenvalue weighted by Crippen LogP contribution is -2.34. The highest BCUT2D eigenvalue weighted by molar-refractivity contribution is 5.92. The van der Waals surface area contributed by atoms with Gasteiger partial charge >= 0.3 is 0 Å². The molecule has 1 unspecified atom stereocenters. The van der Waals surface area contributed by atoms with E-state index in [1.807, 2.05) is 4.90 Å². The van der Waals surface area contributed by atoms with E-state index in [2.05, 4.69) is 6.92 Å². The first-order chi connectivity index (χ1) is 7.76. The molecule has 0 bridgehead atoms. The quantitative estimate of drug-likeness (QED) is 0.847. The molecule has 1 atom stereocenters. The molecule has 2 heterocycles. The zero-order chi connectivity index (χ0) is 11.5. The smallest absolute Gasteiger partial charge is 0.289 e. The summed E-state index contributed by atoms with van der Waals surface area (Å²) in [6, 6.07) is 3.86. The molecular weight excluding hydrogens is 204 g/mol. The summed E-state index contributed by atoms with van der Waals surface area (Å²) in [5, 5.41) is 0. The summed E-state index contributed by atoms with van der Waals surface area (Å²) < 4.78 is 5.38. The van der Waals surface area contributed by atoms with Gasteiger partial charge in [-0.3, -0.25) is 4.79 Å². The van der Waals surface area contributed by atoms with Gasteiger partial charge in [0, 0.05) is 12.6 Å². The first-order valence-corrected chi connectivity index (χ1v) is 5.86. The van der Waals surface area contributed by atoms with E-state index in [0.717, 1.165) is 25.8 Å². The van der Waals surface area contributed by atoms with Crippen molar-refractivity contribution in [3.05, 3.63) is 23.7 Å². The van der Waals surface area contributed by atoms with Crippen molar-refractivity contribution in [1.29, 1.82) is 0 Å². The molecule has 88 valence electrons. The highest BCUT2D eigenvalue weighted by Crippen LogP contribution is 2.22. The number of hydrogen-bond acceptors (Lipinski definition) is 3. The third-order valence-electron chi connectivity index (χ3n) is 3.18. The molecule has 2 rings (SSSR count). The van der Waals surface area contributed by atoms with Crippen molar-refractivity contribution in [2.45, 2.75) is 38.8 Å². The topological polar surface area (TPSA) is 59.5 Å². The van der Waals surface area contributed by atoms with Crippen LogP contribution >= 0.6 is 0 Å². The molecule has 1 aliphatic heterocycles. The minimum Gasteiger partial charge on any atom is -0.455 e. The summed E-state index contributed by atoms with van der Waals surface area (Å²) in [7, 11) is 0. The summed E-state index contributed by atoms with van der Waals surface area (Å²) in [6.07, 6.45) is 3.21. The second-order valence-electron chi connectivity index (χ2n) is 4.17. The lowest BCUT2D eigenvalue weighted by Gasteiger charge is -2.22. The Kier molecular flexibility index (Phi) is 3.29. The monoisotopic (exact) mass is 222 g/mol. The molecule has 1 aromatic rings. The van der Waals surface area contributed by atoms with Crippen LogP contribution in [-0.4, -0.2) is 23.4 Å². The van der Waals surface area contributed by atoms with E-state index < -0.39 is 0 Å². The maximum absolute atomic E-state index is 12.1. The number of amides is 1. The van der Waals surface area contributed by atoms with Gasteiger partial charge < -0.3 is 15.1 Å². The van der Waals surface area contributed by atoms with Gasteiger partial charge in [0.1, 0.15) is 5.76 Å². The van der Waals surface area contributed by atoms with Gasteiger partial charge in [-0.15, -0.1) is 0 Å². The summed E-state index contributed by atoms with van der Waals surface area (Å²) in [4.78, 5) is 14.1. The van der Waals surface area contributed by atoms with Crippen molar-refractivity contribution in [3.63, 3.8) is 0 Å². The minimum atomic E-state index is 0.00375. The van der Waals surface area contributed by atoms with Crippen LogP contribution in [0.25, 0.3) is 0 Å². The Morgan fingerprint density at radius 3 is 3.06 bits per heavy atom. The Bertz CT molecular complexity index is 373. The normalized spacial score (nSPS) is 20.4. The molecule has 1 fully saturated rings. The number of hydrogen-bond donors (Lipinski definition) is 1. The zero-order valence-corrected chi connectivity index (χ0v) is 9.61. The molecule has 16 heavy (non-hydrogen) atoms. The van der Waals surface area contributed by atoms with E-state index >= 15 is 0 Å². The number of carbonyl (C=O) groups excluding carboxylic acids is 1. The fourth-order valence-electron chi connectivity index (χ4n) is 2.27. The van der Waals surface area contributed by atoms with Crippen LogP contribution in [0.2, 0.25) is 0 Å². The van der Waals surface area contributed by atoms with Gasteiger partial charge in [-0.1, -0.05) is 6.92 Å². The SMILES string of the molecule is CCC1CCCN1C(=O)c1ccc(CN)o1. The van der Waals surface area contributed by atoms with Gasteiger partial charge in [0.25, 0.3) is 5.91 Å². The molecule has 0 aliphatic carbocycles. The van der Waals surface area contributed by atoms with E-state index in [-0.39, 0.29) is 5.91 Å². The molecular formula is C12H18N2O2. The predicted octanol–water partition coefficient (Wildman–Crippen LogP) is 1.75. The molecule has 2 N–H and O–H groups in total. The first-order valence-electron chi connectivity index (χ1n) is 5.86. The average molecular weight is 222 g/mol. The van der Waals surface area contributed by atoms with Crippen molar-refractivity contribution in [2.75, 3.05) is 6.54 Å². The third-order valence-corrected chi connectivity index (χ3v) is 3.18. The van der Waals surface area contributed by atoms with Crippen LogP contribution < -0.4 is 5.73 Å². The van der Waals surface area contributed by atoms with Crippen LogP contribution in [0.3, 0.4) is 0 Å². The summed E-state index contributed by atoms with van der Waals surface area (Å²) in [5.41, 5.74) is 5.45. The van der Waals surface area contributed by atoms with Gasteiger partial charge in [0.05, 0.1) is 6.54 Å². The van der Waals surface area contributed by atoms with Crippen molar-refractivity contribution >= 4 is 5.91 Å². The average Bonchev–Trinajstić information content (AvgIpc) is 2.96. The van der Waals surface area contributed by atoms with Gasteiger partial charge in [0.15, 0.2) is 5.76 Å². The largest absolute Gasteiger partial charge is 0.455 e. The molecule has 0 spiro atoms. The lowest BCUT2D eigenvalue weighted by molar-refractivity contribution is 0.0699. The fourth-order valence-corrected chi connectivity index (χ4v) is 2.27. The van der Waals surface area contributed by atoms with Gasteiger partial charge in [-0.05, 0) is 31.4 Å². The number of rotatable bonds is 3.